The second-order valence-electron chi connectivity index (χ2n) is 9.03. The van der Waals surface area contributed by atoms with Crippen molar-refractivity contribution in [2.45, 2.75) is 83.4 Å². The Kier molecular flexibility index (Phi) is 5.94. The average molecular weight is 417 g/mol. The maximum atomic E-state index is 12.0. The monoisotopic (exact) mass is 416 g/mol. The molecule has 1 aromatic heterocycles. The molecule has 0 radical (unpaired) electrons. The summed E-state index contributed by atoms with van der Waals surface area (Å²) < 4.78 is 6.35. The Morgan fingerprint density at radius 1 is 1.24 bits per heavy atom. The minimum Gasteiger partial charge on any atom is -0.489 e. The number of benzene rings is 1. The van der Waals surface area contributed by atoms with Gasteiger partial charge in [0.05, 0.1) is 11.1 Å². The normalized spacial score (nSPS) is 26.0. The standard InChI is InChI=1S/C24H33ClN2O2/c1-4-22(27(3)17-6-7-17)24(5-2)11-8-18(9-12-24)29-21-14-16-10-13-26-23(28)19(16)15-20(21)25/h10,13-15,17-18,22H,4-9,11-12H2,1-3H3,(H,26,28). The number of halogens is 1. The number of pyridine rings is 1. The SMILES string of the molecule is CCC(N(C)C1CC1)C1(CC)CCC(Oc2cc3cc[nH]c(=O)c3cc2Cl)CC1. The van der Waals surface area contributed by atoms with E-state index in [1.807, 2.05) is 12.1 Å². The van der Waals surface area contributed by atoms with Gasteiger partial charge in [0.1, 0.15) is 5.75 Å². The summed E-state index contributed by atoms with van der Waals surface area (Å²) in [6.45, 7) is 4.71. The Bertz CT molecular complexity index is 913. The van der Waals surface area contributed by atoms with Crippen LogP contribution in [0.3, 0.4) is 0 Å². The number of H-pyrrole nitrogens is 1. The van der Waals surface area contributed by atoms with Crippen LogP contribution in [0.15, 0.2) is 29.2 Å². The Hall–Kier alpha value is -1.52. The first kappa shape index (κ1) is 20.7. The minimum atomic E-state index is -0.119. The fraction of sp³-hybridized carbons (Fsp3) is 0.625. The van der Waals surface area contributed by atoms with Gasteiger partial charge in [-0.1, -0.05) is 25.4 Å². The summed E-state index contributed by atoms with van der Waals surface area (Å²) >= 11 is 6.45. The molecule has 5 heteroatoms. The average Bonchev–Trinajstić information content (AvgIpc) is 3.56. The summed E-state index contributed by atoms with van der Waals surface area (Å²) in [7, 11) is 2.34. The number of aromatic amines is 1. The molecule has 4 nitrogen and oxygen atoms in total. The molecule has 0 saturated heterocycles. The maximum Gasteiger partial charge on any atom is 0.255 e. The molecule has 1 atom stereocenters. The van der Waals surface area contributed by atoms with Crippen LogP contribution in [0.1, 0.15) is 65.2 Å². The van der Waals surface area contributed by atoms with Crippen LogP contribution >= 0.6 is 11.6 Å². The quantitative estimate of drug-likeness (QED) is 0.622. The summed E-state index contributed by atoms with van der Waals surface area (Å²) in [6, 6.07) is 6.99. The van der Waals surface area contributed by atoms with Gasteiger partial charge < -0.3 is 9.72 Å². The van der Waals surface area contributed by atoms with Crippen LogP contribution in [-0.4, -0.2) is 35.1 Å². The number of aromatic nitrogens is 1. The molecule has 2 aliphatic carbocycles. The lowest BCUT2D eigenvalue weighted by molar-refractivity contribution is 0.00112. The highest BCUT2D eigenvalue weighted by molar-refractivity contribution is 6.32. The Morgan fingerprint density at radius 2 is 1.97 bits per heavy atom. The number of hydrogen-bond donors (Lipinski definition) is 1. The fourth-order valence-electron chi connectivity index (χ4n) is 5.55. The lowest BCUT2D eigenvalue weighted by atomic mass is 9.65. The second kappa shape index (κ2) is 8.31. The highest BCUT2D eigenvalue weighted by Gasteiger charge is 2.44. The van der Waals surface area contributed by atoms with Gasteiger partial charge >= 0.3 is 0 Å². The van der Waals surface area contributed by atoms with Crippen LogP contribution < -0.4 is 10.3 Å². The van der Waals surface area contributed by atoms with E-state index in [0.717, 1.165) is 24.3 Å². The van der Waals surface area contributed by atoms with Crippen molar-refractivity contribution in [3.63, 3.8) is 0 Å². The third-order valence-electron chi connectivity index (χ3n) is 7.46. The van der Waals surface area contributed by atoms with Gasteiger partial charge in [0.15, 0.2) is 0 Å². The summed E-state index contributed by atoms with van der Waals surface area (Å²) in [5.41, 5.74) is 0.276. The summed E-state index contributed by atoms with van der Waals surface area (Å²) in [4.78, 5) is 17.3. The van der Waals surface area contributed by atoms with E-state index >= 15 is 0 Å². The third-order valence-corrected chi connectivity index (χ3v) is 7.76. The van der Waals surface area contributed by atoms with Gasteiger partial charge in [-0.3, -0.25) is 9.69 Å². The molecule has 1 unspecified atom stereocenters. The van der Waals surface area contributed by atoms with E-state index < -0.39 is 0 Å². The Labute approximate surface area is 178 Å². The number of nitrogens with zero attached hydrogens (tertiary/aromatic N) is 1. The maximum absolute atomic E-state index is 12.0. The number of rotatable bonds is 7. The van der Waals surface area contributed by atoms with Crippen LogP contribution in [-0.2, 0) is 0 Å². The van der Waals surface area contributed by atoms with Crippen molar-refractivity contribution in [2.75, 3.05) is 7.05 Å². The largest absolute Gasteiger partial charge is 0.489 e. The van der Waals surface area contributed by atoms with Crippen molar-refractivity contribution in [3.8, 4) is 5.75 Å². The van der Waals surface area contributed by atoms with Gasteiger partial charge in [-0.15, -0.1) is 0 Å². The van der Waals surface area contributed by atoms with E-state index in [1.165, 1.54) is 38.5 Å². The Balaban J connectivity index is 1.47. The summed E-state index contributed by atoms with van der Waals surface area (Å²) in [5.74, 6) is 0.695. The van der Waals surface area contributed by atoms with E-state index in [-0.39, 0.29) is 11.7 Å². The highest BCUT2D eigenvalue weighted by Crippen LogP contribution is 2.48. The van der Waals surface area contributed by atoms with Crippen molar-refractivity contribution in [3.05, 3.63) is 39.8 Å². The first-order chi connectivity index (χ1) is 14.0. The van der Waals surface area contributed by atoms with Crippen LogP contribution in [0.25, 0.3) is 10.8 Å². The molecule has 2 aliphatic rings. The highest BCUT2D eigenvalue weighted by atomic mass is 35.5. The molecule has 1 aromatic carbocycles. The molecule has 2 fully saturated rings. The second-order valence-corrected chi connectivity index (χ2v) is 9.44. The molecule has 0 spiro atoms. The molecule has 2 saturated carbocycles. The zero-order valence-corrected chi connectivity index (χ0v) is 18.6. The summed E-state index contributed by atoms with van der Waals surface area (Å²) in [6.07, 6.45) is 11.6. The molecule has 0 bridgehead atoms. The van der Waals surface area contributed by atoms with Crippen molar-refractivity contribution in [1.82, 2.24) is 9.88 Å². The van der Waals surface area contributed by atoms with Crippen LogP contribution in [0.5, 0.6) is 5.75 Å². The van der Waals surface area contributed by atoms with Gasteiger partial charge in [-0.05, 0) is 87.4 Å². The number of hydrogen-bond acceptors (Lipinski definition) is 3. The van der Waals surface area contributed by atoms with Gasteiger partial charge in [0.2, 0.25) is 0 Å². The molecule has 1 heterocycles. The zero-order chi connectivity index (χ0) is 20.6. The third kappa shape index (κ3) is 4.06. The topological polar surface area (TPSA) is 45.3 Å². The van der Waals surface area contributed by atoms with E-state index in [9.17, 15) is 4.79 Å². The van der Waals surface area contributed by atoms with Crippen molar-refractivity contribution < 1.29 is 4.74 Å². The molecule has 29 heavy (non-hydrogen) atoms. The molecule has 0 amide bonds. The molecule has 2 aromatic rings. The number of ether oxygens (including phenoxy) is 1. The molecular formula is C24H33ClN2O2. The predicted molar refractivity (Wildman–Crippen MR) is 120 cm³/mol. The molecule has 158 valence electrons. The Morgan fingerprint density at radius 3 is 2.59 bits per heavy atom. The van der Waals surface area contributed by atoms with E-state index in [4.69, 9.17) is 16.3 Å². The number of nitrogens with one attached hydrogen (secondary N) is 1. The predicted octanol–water partition coefficient (Wildman–Crippen LogP) is 5.77. The molecule has 1 N–H and O–H groups in total. The first-order valence-corrected chi connectivity index (χ1v) is 11.5. The van der Waals surface area contributed by atoms with Gasteiger partial charge in [-0.2, -0.15) is 0 Å². The number of fused-ring (bicyclic) bond motifs is 1. The molecule has 4 rings (SSSR count). The molecule has 0 aliphatic heterocycles. The van der Waals surface area contributed by atoms with Crippen LogP contribution in [0.4, 0.5) is 0 Å². The smallest absolute Gasteiger partial charge is 0.255 e. The minimum absolute atomic E-state index is 0.119. The van der Waals surface area contributed by atoms with Crippen molar-refractivity contribution in [2.24, 2.45) is 5.41 Å². The van der Waals surface area contributed by atoms with E-state index in [2.05, 4.69) is 30.8 Å². The van der Waals surface area contributed by atoms with Gasteiger partial charge in [0, 0.05) is 23.7 Å². The zero-order valence-electron chi connectivity index (χ0n) is 17.8. The van der Waals surface area contributed by atoms with Crippen LogP contribution in [0, 0.1) is 5.41 Å². The van der Waals surface area contributed by atoms with Gasteiger partial charge in [-0.25, -0.2) is 0 Å². The van der Waals surface area contributed by atoms with Gasteiger partial charge in [0.25, 0.3) is 5.56 Å². The van der Waals surface area contributed by atoms with Crippen LogP contribution in [0.2, 0.25) is 5.02 Å². The lowest BCUT2D eigenvalue weighted by Crippen LogP contribution is -2.49. The van der Waals surface area contributed by atoms with E-state index in [0.29, 0.717) is 27.6 Å². The first-order valence-electron chi connectivity index (χ1n) is 11.2. The van der Waals surface area contributed by atoms with Crippen molar-refractivity contribution in [1.29, 1.82) is 0 Å². The van der Waals surface area contributed by atoms with Crippen molar-refractivity contribution >= 4 is 22.4 Å². The lowest BCUT2D eigenvalue weighted by Gasteiger charge is -2.48. The van der Waals surface area contributed by atoms with E-state index in [1.54, 1.807) is 12.3 Å². The summed E-state index contributed by atoms with van der Waals surface area (Å²) in [5, 5.41) is 1.98. The fourth-order valence-corrected chi connectivity index (χ4v) is 5.76. The molecular weight excluding hydrogens is 384 g/mol.